The van der Waals surface area contributed by atoms with E-state index in [1.54, 1.807) is 37.3 Å². The van der Waals surface area contributed by atoms with Crippen LogP contribution in [0.2, 0.25) is 10.0 Å². The first-order chi connectivity index (χ1) is 11.3. The molecule has 124 valence electrons. The molecule has 0 bridgehead atoms. The van der Waals surface area contributed by atoms with Gasteiger partial charge in [0.05, 0.1) is 11.3 Å². The molecule has 1 aliphatic heterocycles. The molecule has 24 heavy (non-hydrogen) atoms. The molecule has 0 fully saturated rings. The van der Waals surface area contributed by atoms with Gasteiger partial charge < -0.3 is 5.11 Å². The number of carboxylic acids is 1. The van der Waals surface area contributed by atoms with E-state index in [0.29, 0.717) is 15.6 Å². The second-order valence-corrected chi connectivity index (χ2v) is 6.74. The van der Waals surface area contributed by atoms with Crippen LogP contribution in [0.5, 0.6) is 0 Å². The third kappa shape index (κ3) is 3.13. The van der Waals surface area contributed by atoms with Crippen LogP contribution < -0.4 is 5.48 Å². The standard InChI is InChI=1S/C18H15Cl2NO3/c1-10-5-11(3-4-15(10)17(22)23)16-9-18(2,24-21-16)12-6-13(19)8-14(20)7-12/h3-9,21H,1-2H3,(H,22,23). The fourth-order valence-electron chi connectivity index (χ4n) is 2.69. The van der Waals surface area contributed by atoms with Crippen LogP contribution in [0.4, 0.5) is 0 Å². The van der Waals surface area contributed by atoms with Gasteiger partial charge in [-0.25, -0.2) is 4.79 Å². The number of aryl methyl sites for hydroxylation is 1. The second kappa shape index (κ2) is 6.13. The van der Waals surface area contributed by atoms with Gasteiger partial charge in [0.1, 0.15) is 5.60 Å². The largest absolute Gasteiger partial charge is 0.478 e. The topological polar surface area (TPSA) is 58.6 Å². The van der Waals surface area contributed by atoms with Crippen LogP contribution in [0, 0.1) is 6.92 Å². The van der Waals surface area contributed by atoms with E-state index in [4.69, 9.17) is 33.1 Å². The number of rotatable bonds is 3. The lowest BCUT2D eigenvalue weighted by Crippen LogP contribution is -2.23. The average Bonchev–Trinajstić information content (AvgIpc) is 2.90. The van der Waals surface area contributed by atoms with Gasteiger partial charge in [-0.2, -0.15) is 0 Å². The first kappa shape index (κ1) is 16.8. The van der Waals surface area contributed by atoms with E-state index < -0.39 is 11.6 Å². The van der Waals surface area contributed by atoms with Crippen LogP contribution >= 0.6 is 23.2 Å². The van der Waals surface area contributed by atoms with Crippen LogP contribution in [0.25, 0.3) is 5.70 Å². The minimum Gasteiger partial charge on any atom is -0.478 e. The smallest absolute Gasteiger partial charge is 0.335 e. The van der Waals surface area contributed by atoms with Gasteiger partial charge in [-0.05, 0) is 66.9 Å². The van der Waals surface area contributed by atoms with E-state index in [0.717, 1.165) is 16.8 Å². The Labute approximate surface area is 149 Å². The first-order valence-electron chi connectivity index (χ1n) is 7.26. The summed E-state index contributed by atoms with van der Waals surface area (Å²) in [6.07, 6.45) is 1.92. The molecule has 2 aromatic carbocycles. The third-order valence-corrected chi connectivity index (χ3v) is 4.43. The van der Waals surface area contributed by atoms with Gasteiger partial charge in [-0.1, -0.05) is 29.3 Å². The van der Waals surface area contributed by atoms with Crippen LogP contribution in [-0.4, -0.2) is 11.1 Å². The molecule has 3 rings (SSSR count). The minimum absolute atomic E-state index is 0.280. The van der Waals surface area contributed by atoms with Gasteiger partial charge >= 0.3 is 5.97 Å². The van der Waals surface area contributed by atoms with Gasteiger partial charge in [-0.3, -0.25) is 10.3 Å². The molecular formula is C18H15Cl2NO3. The number of hydroxylamine groups is 1. The molecule has 1 atom stereocenters. The van der Waals surface area contributed by atoms with Crippen molar-refractivity contribution in [1.29, 1.82) is 0 Å². The molecule has 0 radical (unpaired) electrons. The molecule has 0 aromatic heterocycles. The number of nitrogens with one attached hydrogen (secondary N) is 1. The maximum absolute atomic E-state index is 11.1. The maximum Gasteiger partial charge on any atom is 0.335 e. The lowest BCUT2D eigenvalue weighted by Gasteiger charge is -2.21. The van der Waals surface area contributed by atoms with Crippen molar-refractivity contribution < 1.29 is 14.7 Å². The van der Waals surface area contributed by atoms with Crippen molar-refractivity contribution in [1.82, 2.24) is 5.48 Å². The summed E-state index contributed by atoms with van der Waals surface area (Å²) in [7, 11) is 0. The van der Waals surface area contributed by atoms with E-state index in [9.17, 15) is 4.79 Å². The second-order valence-electron chi connectivity index (χ2n) is 5.86. The summed E-state index contributed by atoms with van der Waals surface area (Å²) in [6.45, 7) is 3.66. The summed E-state index contributed by atoms with van der Waals surface area (Å²) in [4.78, 5) is 16.9. The summed E-state index contributed by atoms with van der Waals surface area (Å²) in [6, 6.07) is 10.4. The molecule has 2 N–H and O–H groups in total. The fraction of sp³-hybridized carbons (Fsp3) is 0.167. The quantitative estimate of drug-likeness (QED) is 0.822. The number of hydrogen-bond acceptors (Lipinski definition) is 3. The summed E-state index contributed by atoms with van der Waals surface area (Å²) in [5.74, 6) is -0.943. The lowest BCUT2D eigenvalue weighted by atomic mass is 9.94. The van der Waals surface area contributed by atoms with Crippen molar-refractivity contribution >= 4 is 34.9 Å². The van der Waals surface area contributed by atoms with E-state index in [2.05, 4.69) is 5.48 Å². The summed E-state index contributed by atoms with van der Waals surface area (Å²) in [5.41, 5.74) is 5.55. The van der Waals surface area contributed by atoms with Gasteiger partial charge in [0, 0.05) is 10.0 Å². The highest BCUT2D eigenvalue weighted by molar-refractivity contribution is 6.34. The predicted octanol–water partition coefficient (Wildman–Crippen LogP) is 4.79. The van der Waals surface area contributed by atoms with Crippen molar-refractivity contribution in [3.63, 3.8) is 0 Å². The Morgan fingerprint density at radius 2 is 1.83 bits per heavy atom. The monoisotopic (exact) mass is 363 g/mol. The zero-order chi connectivity index (χ0) is 17.5. The molecule has 0 aliphatic carbocycles. The first-order valence-corrected chi connectivity index (χ1v) is 8.02. The highest BCUT2D eigenvalue weighted by Crippen LogP contribution is 2.37. The number of carbonyl (C=O) groups is 1. The highest BCUT2D eigenvalue weighted by atomic mass is 35.5. The number of halogens is 2. The van der Waals surface area contributed by atoms with Crippen molar-refractivity contribution in [2.75, 3.05) is 0 Å². The summed E-state index contributed by atoms with van der Waals surface area (Å²) in [5, 5.41) is 10.2. The van der Waals surface area contributed by atoms with Crippen LogP contribution in [0.3, 0.4) is 0 Å². The normalized spacial score (nSPS) is 19.8. The summed E-state index contributed by atoms with van der Waals surface area (Å²) < 4.78 is 0. The maximum atomic E-state index is 11.1. The van der Waals surface area contributed by atoms with Crippen LogP contribution in [-0.2, 0) is 10.4 Å². The van der Waals surface area contributed by atoms with Gasteiger partial charge in [0.2, 0.25) is 0 Å². The van der Waals surface area contributed by atoms with E-state index in [-0.39, 0.29) is 5.56 Å². The molecule has 0 amide bonds. The fourth-order valence-corrected chi connectivity index (χ4v) is 3.22. The Bertz CT molecular complexity index is 843. The zero-order valence-corrected chi connectivity index (χ0v) is 14.6. The Balaban J connectivity index is 1.98. The molecule has 0 spiro atoms. The molecule has 2 aromatic rings. The van der Waals surface area contributed by atoms with E-state index in [1.165, 1.54) is 0 Å². The Kier molecular flexibility index (Phi) is 4.30. The third-order valence-electron chi connectivity index (χ3n) is 4.00. The SMILES string of the molecule is Cc1cc(C2=CC(C)(c3cc(Cl)cc(Cl)c3)ON2)ccc1C(=O)O. The van der Waals surface area contributed by atoms with Crippen LogP contribution in [0.1, 0.15) is 34.0 Å². The molecule has 6 heteroatoms. The molecule has 1 unspecified atom stereocenters. The van der Waals surface area contributed by atoms with Crippen LogP contribution in [0.15, 0.2) is 42.5 Å². The predicted molar refractivity (Wildman–Crippen MR) is 94.2 cm³/mol. The van der Waals surface area contributed by atoms with Gasteiger partial charge in [-0.15, -0.1) is 0 Å². The van der Waals surface area contributed by atoms with Gasteiger partial charge in [0.15, 0.2) is 0 Å². The number of aromatic carboxylic acids is 1. The molecule has 4 nitrogen and oxygen atoms in total. The Morgan fingerprint density at radius 3 is 2.42 bits per heavy atom. The Morgan fingerprint density at radius 1 is 1.17 bits per heavy atom. The average molecular weight is 364 g/mol. The molecular weight excluding hydrogens is 349 g/mol. The summed E-state index contributed by atoms with van der Waals surface area (Å²) >= 11 is 12.2. The van der Waals surface area contributed by atoms with Crippen molar-refractivity contribution in [3.8, 4) is 0 Å². The molecule has 1 aliphatic rings. The van der Waals surface area contributed by atoms with Crippen molar-refractivity contribution in [2.24, 2.45) is 0 Å². The molecule has 0 saturated carbocycles. The molecule has 0 saturated heterocycles. The van der Waals surface area contributed by atoms with Crippen molar-refractivity contribution in [3.05, 3.63) is 74.8 Å². The lowest BCUT2D eigenvalue weighted by molar-refractivity contribution is -0.0250. The number of carboxylic acid groups (broad SMARTS) is 1. The number of hydrogen-bond donors (Lipinski definition) is 2. The highest BCUT2D eigenvalue weighted by Gasteiger charge is 2.33. The van der Waals surface area contributed by atoms with Gasteiger partial charge in [0.25, 0.3) is 0 Å². The minimum atomic E-state index is -0.943. The number of benzene rings is 2. The van der Waals surface area contributed by atoms with E-state index in [1.807, 2.05) is 19.1 Å². The van der Waals surface area contributed by atoms with Crippen molar-refractivity contribution in [2.45, 2.75) is 19.4 Å². The van der Waals surface area contributed by atoms with E-state index >= 15 is 0 Å². The zero-order valence-electron chi connectivity index (χ0n) is 13.1. The Hall–Kier alpha value is -2.01. The molecule has 1 heterocycles.